The Morgan fingerprint density at radius 2 is 2.19 bits per heavy atom. The van der Waals surface area contributed by atoms with Gasteiger partial charge < -0.3 is 9.73 Å². The average molecular weight is 217 g/mol. The van der Waals surface area contributed by atoms with E-state index in [2.05, 4.69) is 15.3 Å². The third kappa shape index (κ3) is 1.78. The van der Waals surface area contributed by atoms with Gasteiger partial charge in [0.2, 0.25) is 0 Å². The van der Waals surface area contributed by atoms with Gasteiger partial charge in [-0.15, -0.1) is 0 Å². The fourth-order valence-corrected chi connectivity index (χ4v) is 1.64. The molecular formula is C12H15N3O. The van der Waals surface area contributed by atoms with Crippen molar-refractivity contribution in [1.82, 2.24) is 9.97 Å². The Morgan fingerprint density at radius 1 is 1.38 bits per heavy atom. The molecule has 16 heavy (non-hydrogen) atoms. The lowest BCUT2D eigenvalue weighted by Gasteiger charge is -2.10. The predicted molar refractivity (Wildman–Crippen MR) is 63.4 cm³/mol. The maximum Gasteiger partial charge on any atom is 0.133 e. The molecule has 0 fully saturated rings. The number of furan rings is 1. The van der Waals surface area contributed by atoms with Crippen LogP contribution in [0, 0.1) is 6.92 Å². The van der Waals surface area contributed by atoms with Crippen molar-refractivity contribution >= 4 is 5.82 Å². The molecule has 0 amide bonds. The van der Waals surface area contributed by atoms with E-state index < -0.39 is 0 Å². The largest absolute Gasteiger partial charge is 0.472 e. The molecule has 84 valence electrons. The van der Waals surface area contributed by atoms with Gasteiger partial charge in [-0.25, -0.2) is 9.97 Å². The topological polar surface area (TPSA) is 51.0 Å². The number of hydrogen-bond acceptors (Lipinski definition) is 4. The lowest BCUT2D eigenvalue weighted by atomic mass is 10.1. The van der Waals surface area contributed by atoms with E-state index in [0.29, 0.717) is 0 Å². The minimum absolute atomic E-state index is 0.819. The molecule has 2 heterocycles. The second kappa shape index (κ2) is 4.35. The zero-order chi connectivity index (χ0) is 11.5. The van der Waals surface area contributed by atoms with Gasteiger partial charge in [-0.2, -0.15) is 0 Å². The highest BCUT2D eigenvalue weighted by molar-refractivity contribution is 5.67. The van der Waals surface area contributed by atoms with Gasteiger partial charge in [0.25, 0.3) is 0 Å². The van der Waals surface area contributed by atoms with E-state index in [4.69, 9.17) is 4.42 Å². The van der Waals surface area contributed by atoms with Crippen LogP contribution in [-0.4, -0.2) is 17.0 Å². The number of aromatic nitrogens is 2. The maximum absolute atomic E-state index is 5.09. The summed E-state index contributed by atoms with van der Waals surface area (Å²) in [5, 5.41) is 3.09. The summed E-state index contributed by atoms with van der Waals surface area (Å²) in [7, 11) is 1.87. The van der Waals surface area contributed by atoms with E-state index in [1.807, 2.05) is 27.0 Å². The Labute approximate surface area is 94.7 Å². The fourth-order valence-electron chi connectivity index (χ4n) is 1.64. The maximum atomic E-state index is 5.09. The highest BCUT2D eigenvalue weighted by Gasteiger charge is 2.11. The molecule has 0 bridgehead atoms. The number of rotatable bonds is 3. The van der Waals surface area contributed by atoms with Crippen LogP contribution >= 0.6 is 0 Å². The zero-order valence-electron chi connectivity index (χ0n) is 9.74. The predicted octanol–water partition coefficient (Wildman–Crippen LogP) is 2.65. The first-order valence-corrected chi connectivity index (χ1v) is 5.34. The van der Waals surface area contributed by atoms with E-state index in [0.717, 1.165) is 34.9 Å². The summed E-state index contributed by atoms with van der Waals surface area (Å²) in [6, 6.07) is 1.91. The third-order valence-corrected chi connectivity index (χ3v) is 2.54. The van der Waals surface area contributed by atoms with Crippen LogP contribution in [0.4, 0.5) is 5.82 Å². The fraction of sp³-hybridized carbons (Fsp3) is 0.333. The lowest BCUT2D eigenvalue weighted by molar-refractivity contribution is 0.568. The minimum atomic E-state index is 0.819. The van der Waals surface area contributed by atoms with Crippen molar-refractivity contribution in [3.63, 3.8) is 0 Å². The molecule has 0 aliphatic carbocycles. The van der Waals surface area contributed by atoms with Gasteiger partial charge in [0.15, 0.2) is 0 Å². The molecule has 0 saturated carbocycles. The van der Waals surface area contributed by atoms with Crippen LogP contribution < -0.4 is 5.32 Å². The summed E-state index contributed by atoms with van der Waals surface area (Å²) in [6.45, 7) is 4.05. The molecule has 0 aliphatic heterocycles. The molecule has 2 rings (SSSR count). The van der Waals surface area contributed by atoms with Crippen LogP contribution in [0.3, 0.4) is 0 Å². The summed E-state index contributed by atoms with van der Waals surface area (Å²) in [4.78, 5) is 8.96. The molecule has 0 spiro atoms. The van der Waals surface area contributed by atoms with Crippen molar-refractivity contribution in [2.24, 2.45) is 0 Å². The Hall–Kier alpha value is -1.84. The Bertz CT molecular complexity index is 477. The molecule has 0 aromatic carbocycles. The monoisotopic (exact) mass is 217 g/mol. The summed E-state index contributed by atoms with van der Waals surface area (Å²) < 4.78 is 5.09. The average Bonchev–Trinajstić information content (AvgIpc) is 2.83. The molecule has 1 N–H and O–H groups in total. The third-order valence-electron chi connectivity index (χ3n) is 2.54. The Balaban J connectivity index is 2.59. The number of hydrogen-bond donors (Lipinski definition) is 1. The molecule has 2 aromatic heterocycles. The zero-order valence-corrected chi connectivity index (χ0v) is 9.74. The van der Waals surface area contributed by atoms with Gasteiger partial charge in [-0.1, -0.05) is 6.92 Å². The molecule has 2 aromatic rings. The Kier molecular flexibility index (Phi) is 2.90. The van der Waals surface area contributed by atoms with E-state index in [1.165, 1.54) is 0 Å². The highest BCUT2D eigenvalue weighted by Crippen LogP contribution is 2.25. The number of nitrogens with one attached hydrogen (secondary N) is 1. The highest BCUT2D eigenvalue weighted by atomic mass is 16.3. The molecule has 0 radical (unpaired) electrons. The molecular weight excluding hydrogens is 202 g/mol. The molecule has 0 saturated heterocycles. The van der Waals surface area contributed by atoms with Crippen LogP contribution in [0.1, 0.15) is 18.3 Å². The van der Waals surface area contributed by atoms with E-state index in [-0.39, 0.29) is 0 Å². The molecule has 4 heteroatoms. The SMILES string of the molecule is CCc1nc(NC)c(C)c(-c2ccoc2)n1. The smallest absolute Gasteiger partial charge is 0.133 e. The van der Waals surface area contributed by atoms with E-state index in [9.17, 15) is 0 Å². The second-order valence-electron chi connectivity index (χ2n) is 3.58. The van der Waals surface area contributed by atoms with Crippen molar-refractivity contribution in [1.29, 1.82) is 0 Å². The number of anilines is 1. The number of aryl methyl sites for hydroxylation is 1. The summed E-state index contributed by atoms with van der Waals surface area (Å²) in [5.41, 5.74) is 2.97. The van der Waals surface area contributed by atoms with Gasteiger partial charge >= 0.3 is 0 Å². The molecule has 0 unspecified atom stereocenters. The van der Waals surface area contributed by atoms with Crippen molar-refractivity contribution in [2.75, 3.05) is 12.4 Å². The van der Waals surface area contributed by atoms with Gasteiger partial charge in [-0.05, 0) is 13.0 Å². The minimum Gasteiger partial charge on any atom is -0.472 e. The van der Waals surface area contributed by atoms with Crippen molar-refractivity contribution in [3.8, 4) is 11.3 Å². The van der Waals surface area contributed by atoms with Crippen molar-refractivity contribution in [2.45, 2.75) is 20.3 Å². The van der Waals surface area contributed by atoms with E-state index in [1.54, 1.807) is 12.5 Å². The quantitative estimate of drug-likeness (QED) is 0.858. The first kappa shape index (κ1) is 10.7. The van der Waals surface area contributed by atoms with Gasteiger partial charge in [0.05, 0.1) is 18.2 Å². The van der Waals surface area contributed by atoms with Crippen LogP contribution in [0.2, 0.25) is 0 Å². The van der Waals surface area contributed by atoms with Crippen LogP contribution in [0.15, 0.2) is 23.0 Å². The molecule has 4 nitrogen and oxygen atoms in total. The lowest BCUT2D eigenvalue weighted by Crippen LogP contribution is -2.04. The standard InChI is InChI=1S/C12H15N3O/c1-4-10-14-11(9-5-6-16-7-9)8(2)12(13-3)15-10/h5-7H,4H2,1-3H3,(H,13,14,15). The molecule has 0 aliphatic rings. The van der Waals surface area contributed by atoms with Crippen molar-refractivity contribution in [3.05, 3.63) is 30.0 Å². The van der Waals surface area contributed by atoms with Gasteiger partial charge in [0, 0.05) is 24.6 Å². The summed E-state index contributed by atoms with van der Waals surface area (Å²) in [5.74, 6) is 1.72. The molecule has 0 atom stereocenters. The summed E-state index contributed by atoms with van der Waals surface area (Å²) in [6.07, 6.45) is 4.18. The van der Waals surface area contributed by atoms with Gasteiger partial charge in [0.1, 0.15) is 11.6 Å². The van der Waals surface area contributed by atoms with Crippen molar-refractivity contribution < 1.29 is 4.42 Å². The first-order valence-electron chi connectivity index (χ1n) is 5.34. The van der Waals surface area contributed by atoms with Crippen LogP contribution in [-0.2, 0) is 6.42 Å². The first-order chi connectivity index (χ1) is 7.76. The summed E-state index contributed by atoms with van der Waals surface area (Å²) >= 11 is 0. The number of nitrogens with zero attached hydrogens (tertiary/aromatic N) is 2. The van der Waals surface area contributed by atoms with Crippen LogP contribution in [0.5, 0.6) is 0 Å². The normalized spacial score (nSPS) is 10.4. The second-order valence-corrected chi connectivity index (χ2v) is 3.58. The van der Waals surface area contributed by atoms with E-state index >= 15 is 0 Å². The van der Waals surface area contributed by atoms with Crippen LogP contribution in [0.25, 0.3) is 11.3 Å². The van der Waals surface area contributed by atoms with Gasteiger partial charge in [-0.3, -0.25) is 0 Å². The Morgan fingerprint density at radius 3 is 2.75 bits per heavy atom.